The van der Waals surface area contributed by atoms with Crippen molar-refractivity contribution in [2.45, 2.75) is 17.1 Å². The Bertz CT molecular complexity index is 1370. The number of ether oxygens (including phenoxy) is 1. The van der Waals surface area contributed by atoms with E-state index in [4.69, 9.17) is 21.4 Å². The third kappa shape index (κ3) is 4.19. The summed E-state index contributed by atoms with van der Waals surface area (Å²) in [7, 11) is -2.35. The summed E-state index contributed by atoms with van der Waals surface area (Å²) in [6.07, 6.45) is 1.61. The minimum Gasteiger partial charge on any atom is -0.497 e. The van der Waals surface area contributed by atoms with Crippen LogP contribution in [0.15, 0.2) is 65.0 Å². The van der Waals surface area contributed by atoms with Gasteiger partial charge in [-0.3, -0.25) is 4.79 Å². The number of aryl methyl sites for hydroxylation is 1. The SMILES string of the molecule is COc1ccc2c(c1)c(CCC(=O)O)cn2S(=O)(=O)c1ccc(-c2ccc(Cl)cc2)s1. The van der Waals surface area contributed by atoms with Gasteiger partial charge in [0.1, 0.15) is 9.96 Å². The van der Waals surface area contributed by atoms with Gasteiger partial charge in [-0.25, -0.2) is 3.97 Å². The molecule has 0 aliphatic rings. The first-order valence-corrected chi connectivity index (χ1v) is 11.9. The normalized spacial score (nSPS) is 11.7. The first kappa shape index (κ1) is 21.4. The molecule has 160 valence electrons. The quantitative estimate of drug-likeness (QED) is 0.392. The molecular formula is C22H18ClNO5S2. The van der Waals surface area contributed by atoms with Crippen molar-refractivity contribution in [3.63, 3.8) is 0 Å². The van der Waals surface area contributed by atoms with Crippen molar-refractivity contribution in [2.75, 3.05) is 7.11 Å². The molecule has 0 bridgehead atoms. The predicted octanol–water partition coefficient (Wildman–Crippen LogP) is 5.29. The van der Waals surface area contributed by atoms with Gasteiger partial charge in [0.2, 0.25) is 0 Å². The molecule has 2 aromatic heterocycles. The molecule has 4 aromatic rings. The standard InChI is InChI=1S/C22H18ClNO5S2/c1-29-17-7-8-19-18(12-17)15(4-10-21(25)26)13-24(19)31(27,28)22-11-9-20(30-22)14-2-5-16(23)6-3-14/h2-3,5-9,11-13H,4,10H2,1H3,(H,25,26). The fourth-order valence-corrected chi connectivity index (χ4v) is 6.26. The number of carboxylic acid groups (broad SMARTS) is 1. The molecule has 0 fully saturated rings. The lowest BCUT2D eigenvalue weighted by atomic mass is 10.1. The van der Waals surface area contributed by atoms with Gasteiger partial charge in [-0.15, -0.1) is 11.3 Å². The highest BCUT2D eigenvalue weighted by molar-refractivity contribution is 7.92. The summed E-state index contributed by atoms with van der Waals surface area (Å²) in [5.74, 6) is -0.377. The number of aromatic nitrogens is 1. The second kappa shape index (κ2) is 8.37. The molecule has 0 spiro atoms. The number of carboxylic acids is 1. The van der Waals surface area contributed by atoms with Crippen LogP contribution in [0.4, 0.5) is 0 Å². The van der Waals surface area contributed by atoms with Gasteiger partial charge in [-0.2, -0.15) is 8.42 Å². The van der Waals surface area contributed by atoms with E-state index in [1.165, 1.54) is 28.6 Å². The zero-order valence-electron chi connectivity index (χ0n) is 16.4. The average molecular weight is 476 g/mol. The van der Waals surface area contributed by atoms with Gasteiger partial charge < -0.3 is 9.84 Å². The number of carbonyl (C=O) groups is 1. The Morgan fingerprint density at radius 1 is 1.13 bits per heavy atom. The third-order valence-corrected chi connectivity index (χ3v) is 8.42. The van der Waals surface area contributed by atoms with Crippen molar-refractivity contribution in [3.05, 3.63) is 71.4 Å². The number of thiophene rings is 1. The third-order valence-electron chi connectivity index (χ3n) is 4.89. The summed E-state index contributed by atoms with van der Waals surface area (Å²) >= 11 is 7.11. The number of methoxy groups -OCH3 is 1. The van der Waals surface area contributed by atoms with Gasteiger partial charge in [-0.1, -0.05) is 23.7 Å². The molecule has 0 amide bonds. The maximum atomic E-state index is 13.5. The number of hydrogen-bond donors (Lipinski definition) is 1. The van der Waals surface area contributed by atoms with Crippen molar-refractivity contribution in [1.29, 1.82) is 0 Å². The van der Waals surface area contributed by atoms with Gasteiger partial charge in [0.25, 0.3) is 10.0 Å². The van der Waals surface area contributed by atoms with E-state index in [2.05, 4.69) is 0 Å². The van der Waals surface area contributed by atoms with E-state index in [0.717, 1.165) is 10.4 Å². The molecule has 0 atom stereocenters. The molecule has 0 aliphatic carbocycles. The Kier molecular flexibility index (Phi) is 5.79. The van der Waals surface area contributed by atoms with Crippen LogP contribution in [0.3, 0.4) is 0 Å². The number of rotatable bonds is 7. The Balaban J connectivity index is 1.80. The molecule has 0 saturated heterocycles. The Labute approximate surface area is 188 Å². The predicted molar refractivity (Wildman–Crippen MR) is 122 cm³/mol. The highest BCUT2D eigenvalue weighted by Gasteiger charge is 2.24. The maximum Gasteiger partial charge on any atom is 0.303 e. The first-order valence-electron chi connectivity index (χ1n) is 9.31. The van der Waals surface area contributed by atoms with Gasteiger partial charge >= 0.3 is 5.97 Å². The molecule has 2 aromatic carbocycles. The van der Waals surface area contributed by atoms with Crippen molar-refractivity contribution >= 4 is 49.8 Å². The zero-order chi connectivity index (χ0) is 22.2. The number of benzene rings is 2. The lowest BCUT2D eigenvalue weighted by Gasteiger charge is -2.06. The molecule has 1 N–H and O–H groups in total. The van der Waals surface area contributed by atoms with Crippen LogP contribution >= 0.6 is 22.9 Å². The molecule has 4 rings (SSSR count). The molecule has 0 radical (unpaired) electrons. The number of fused-ring (bicyclic) bond motifs is 1. The van der Waals surface area contributed by atoms with E-state index in [1.807, 2.05) is 12.1 Å². The summed E-state index contributed by atoms with van der Waals surface area (Å²) in [5, 5.41) is 10.3. The van der Waals surface area contributed by atoms with Crippen LogP contribution in [0, 0.1) is 0 Å². The second-order valence-electron chi connectivity index (χ2n) is 6.86. The van der Waals surface area contributed by atoms with E-state index >= 15 is 0 Å². The van der Waals surface area contributed by atoms with Gasteiger partial charge in [0, 0.05) is 27.9 Å². The summed E-state index contributed by atoms with van der Waals surface area (Å²) in [5.41, 5.74) is 1.98. The number of halogens is 1. The minimum absolute atomic E-state index is 0.101. The van der Waals surface area contributed by atoms with Crippen molar-refractivity contribution < 1.29 is 23.1 Å². The lowest BCUT2D eigenvalue weighted by molar-refractivity contribution is -0.136. The molecule has 0 saturated carbocycles. The van der Waals surface area contributed by atoms with E-state index < -0.39 is 16.0 Å². The smallest absolute Gasteiger partial charge is 0.303 e. The van der Waals surface area contributed by atoms with Crippen molar-refractivity contribution in [3.8, 4) is 16.2 Å². The molecule has 0 unspecified atom stereocenters. The first-order chi connectivity index (χ1) is 14.8. The lowest BCUT2D eigenvalue weighted by Crippen LogP contribution is -2.10. The Hall–Kier alpha value is -2.81. The zero-order valence-corrected chi connectivity index (χ0v) is 18.8. The Morgan fingerprint density at radius 3 is 2.55 bits per heavy atom. The molecular weight excluding hydrogens is 458 g/mol. The highest BCUT2D eigenvalue weighted by atomic mass is 35.5. The molecule has 2 heterocycles. The topological polar surface area (TPSA) is 85.6 Å². The van der Waals surface area contributed by atoms with Crippen LogP contribution in [-0.2, 0) is 21.2 Å². The average Bonchev–Trinajstić information content (AvgIpc) is 3.38. The van der Waals surface area contributed by atoms with Crippen LogP contribution in [-0.4, -0.2) is 30.6 Å². The summed E-state index contributed by atoms with van der Waals surface area (Å²) in [6, 6.07) is 15.6. The second-order valence-corrected chi connectivity index (χ2v) is 10.4. The minimum atomic E-state index is -3.88. The Morgan fingerprint density at radius 2 is 1.87 bits per heavy atom. The summed E-state index contributed by atoms with van der Waals surface area (Å²) in [6.45, 7) is 0. The van der Waals surface area contributed by atoms with E-state index in [9.17, 15) is 13.2 Å². The van der Waals surface area contributed by atoms with Gasteiger partial charge in [-0.05, 0) is 60.0 Å². The van der Waals surface area contributed by atoms with E-state index in [-0.39, 0.29) is 17.1 Å². The van der Waals surface area contributed by atoms with Crippen molar-refractivity contribution in [2.24, 2.45) is 0 Å². The van der Waals surface area contributed by atoms with Crippen LogP contribution < -0.4 is 4.74 Å². The molecule has 0 aliphatic heterocycles. The monoisotopic (exact) mass is 475 g/mol. The van der Waals surface area contributed by atoms with E-state index in [0.29, 0.717) is 27.2 Å². The van der Waals surface area contributed by atoms with E-state index in [1.54, 1.807) is 42.5 Å². The van der Waals surface area contributed by atoms with Gasteiger partial charge in [0.05, 0.1) is 12.6 Å². The number of hydrogen-bond acceptors (Lipinski definition) is 5. The van der Waals surface area contributed by atoms with Crippen LogP contribution in [0.5, 0.6) is 5.75 Å². The summed E-state index contributed by atoms with van der Waals surface area (Å²) < 4.78 is 33.6. The number of aliphatic carboxylic acids is 1. The van der Waals surface area contributed by atoms with Crippen LogP contribution in [0.2, 0.25) is 5.02 Å². The largest absolute Gasteiger partial charge is 0.497 e. The summed E-state index contributed by atoms with van der Waals surface area (Å²) in [4.78, 5) is 11.9. The molecule has 9 heteroatoms. The highest BCUT2D eigenvalue weighted by Crippen LogP contribution is 2.35. The van der Waals surface area contributed by atoms with Gasteiger partial charge in [0.15, 0.2) is 0 Å². The molecule has 6 nitrogen and oxygen atoms in total. The van der Waals surface area contributed by atoms with Crippen LogP contribution in [0.1, 0.15) is 12.0 Å². The number of nitrogens with zero attached hydrogens (tertiary/aromatic N) is 1. The maximum absolute atomic E-state index is 13.5. The van der Waals surface area contributed by atoms with Crippen molar-refractivity contribution in [1.82, 2.24) is 3.97 Å². The fourth-order valence-electron chi connectivity index (χ4n) is 3.34. The van der Waals surface area contributed by atoms with Crippen LogP contribution in [0.25, 0.3) is 21.3 Å². The molecule has 31 heavy (non-hydrogen) atoms. The fraction of sp³-hybridized carbons (Fsp3) is 0.136.